The fraction of sp³-hybridized carbons (Fsp3) is 0.412. The molecule has 5 nitrogen and oxygen atoms in total. The van der Waals surface area contributed by atoms with Gasteiger partial charge < -0.3 is 10.4 Å². The second-order valence-corrected chi connectivity index (χ2v) is 6.77. The van der Waals surface area contributed by atoms with Crippen LogP contribution in [0, 0.1) is 0 Å². The number of rotatable bonds is 2. The van der Waals surface area contributed by atoms with Crippen LogP contribution in [0.5, 0.6) is 0 Å². The maximum atomic E-state index is 12.4. The topological polar surface area (TPSA) is 67.2 Å². The van der Waals surface area contributed by atoms with Crippen molar-refractivity contribution in [1.82, 2.24) is 15.1 Å². The third kappa shape index (κ3) is 2.64. The van der Waals surface area contributed by atoms with Crippen molar-refractivity contribution in [1.29, 1.82) is 0 Å². The van der Waals surface area contributed by atoms with Gasteiger partial charge in [-0.05, 0) is 31.9 Å². The van der Waals surface area contributed by atoms with E-state index in [1.165, 1.54) is 0 Å². The van der Waals surface area contributed by atoms with Gasteiger partial charge in [0, 0.05) is 12.6 Å². The molecule has 0 spiro atoms. The molecular weight excluding hydrogens is 278 g/mol. The van der Waals surface area contributed by atoms with Gasteiger partial charge in [0.1, 0.15) is 0 Å². The fourth-order valence-electron chi connectivity index (χ4n) is 2.78. The van der Waals surface area contributed by atoms with Gasteiger partial charge in [-0.25, -0.2) is 0 Å². The number of aliphatic hydroxyl groups is 1. The third-order valence-electron chi connectivity index (χ3n) is 4.02. The van der Waals surface area contributed by atoms with Crippen LogP contribution >= 0.6 is 0 Å². The first-order valence-electron chi connectivity index (χ1n) is 7.48. The van der Waals surface area contributed by atoms with Crippen LogP contribution in [0.4, 0.5) is 0 Å². The summed E-state index contributed by atoms with van der Waals surface area (Å²) in [6.45, 7) is 6.08. The summed E-state index contributed by atoms with van der Waals surface area (Å²) in [4.78, 5) is 12.4. The average Bonchev–Trinajstić information content (AvgIpc) is 3.04. The zero-order chi connectivity index (χ0) is 15.9. The van der Waals surface area contributed by atoms with Gasteiger partial charge in [0.25, 0.3) is 5.91 Å². The van der Waals surface area contributed by atoms with E-state index in [0.29, 0.717) is 12.0 Å². The number of aromatic nitrogens is 2. The summed E-state index contributed by atoms with van der Waals surface area (Å²) in [5, 5.41) is 17.4. The van der Waals surface area contributed by atoms with Crippen molar-refractivity contribution >= 4 is 5.91 Å². The minimum atomic E-state index is -0.584. The molecule has 1 amide bonds. The minimum absolute atomic E-state index is 0.169. The molecule has 0 saturated heterocycles. The summed E-state index contributed by atoms with van der Waals surface area (Å²) < 4.78 is 1.76. The molecule has 1 aromatic heterocycles. The van der Waals surface area contributed by atoms with Crippen LogP contribution in [0.25, 0.3) is 0 Å². The maximum absolute atomic E-state index is 12.4. The number of amides is 1. The molecule has 1 aliphatic carbocycles. The van der Waals surface area contributed by atoms with E-state index in [9.17, 15) is 9.90 Å². The lowest BCUT2D eigenvalue weighted by molar-refractivity contribution is 0.0858. The van der Waals surface area contributed by atoms with E-state index in [0.717, 1.165) is 11.1 Å². The molecule has 0 fully saturated rings. The molecule has 3 rings (SSSR count). The SMILES string of the molecule is CC(C)(C)n1cc(C(=O)NC2c3ccccc3CC2O)cn1. The van der Waals surface area contributed by atoms with Gasteiger partial charge in [-0.1, -0.05) is 24.3 Å². The van der Waals surface area contributed by atoms with Gasteiger partial charge in [0.05, 0.1) is 29.4 Å². The van der Waals surface area contributed by atoms with Gasteiger partial charge >= 0.3 is 0 Å². The standard InChI is InChI=1S/C17H21N3O2/c1-17(2,3)20-10-12(9-18-20)16(22)19-15-13-7-5-4-6-11(13)8-14(15)21/h4-7,9-10,14-15,21H,8H2,1-3H3,(H,19,22). The van der Waals surface area contributed by atoms with Gasteiger partial charge in [-0.2, -0.15) is 5.10 Å². The number of carbonyl (C=O) groups is 1. The highest BCUT2D eigenvalue weighted by molar-refractivity contribution is 5.94. The second-order valence-electron chi connectivity index (χ2n) is 6.77. The monoisotopic (exact) mass is 299 g/mol. The van der Waals surface area contributed by atoms with Gasteiger partial charge in [-0.3, -0.25) is 9.48 Å². The smallest absolute Gasteiger partial charge is 0.255 e. The number of hydrogen-bond acceptors (Lipinski definition) is 3. The van der Waals surface area contributed by atoms with Crippen LogP contribution in [0.3, 0.4) is 0 Å². The maximum Gasteiger partial charge on any atom is 0.255 e. The van der Waals surface area contributed by atoms with E-state index in [2.05, 4.69) is 10.4 Å². The largest absolute Gasteiger partial charge is 0.390 e. The summed E-state index contributed by atoms with van der Waals surface area (Å²) in [6, 6.07) is 7.45. The van der Waals surface area contributed by atoms with Crippen molar-refractivity contribution in [2.45, 2.75) is 44.9 Å². The highest BCUT2D eigenvalue weighted by Crippen LogP contribution is 2.31. The van der Waals surface area contributed by atoms with Crippen molar-refractivity contribution in [3.63, 3.8) is 0 Å². The number of benzene rings is 1. The van der Waals surface area contributed by atoms with Crippen LogP contribution in [0.2, 0.25) is 0 Å². The highest BCUT2D eigenvalue weighted by atomic mass is 16.3. The number of nitrogens with zero attached hydrogens (tertiary/aromatic N) is 2. The lowest BCUT2D eigenvalue weighted by Gasteiger charge is -2.19. The molecule has 0 saturated carbocycles. The van der Waals surface area contributed by atoms with Gasteiger partial charge in [-0.15, -0.1) is 0 Å². The van der Waals surface area contributed by atoms with Crippen molar-refractivity contribution in [3.05, 3.63) is 53.3 Å². The molecule has 1 aliphatic rings. The Morgan fingerprint density at radius 1 is 1.36 bits per heavy atom. The molecule has 22 heavy (non-hydrogen) atoms. The van der Waals surface area contributed by atoms with E-state index < -0.39 is 6.10 Å². The van der Waals surface area contributed by atoms with E-state index >= 15 is 0 Å². The number of aliphatic hydroxyl groups excluding tert-OH is 1. The number of fused-ring (bicyclic) bond motifs is 1. The molecular formula is C17H21N3O2. The summed E-state index contributed by atoms with van der Waals surface area (Å²) >= 11 is 0. The van der Waals surface area contributed by atoms with Crippen molar-refractivity contribution in [2.24, 2.45) is 0 Å². The lowest BCUT2D eigenvalue weighted by Crippen LogP contribution is -2.33. The summed E-state index contributed by atoms with van der Waals surface area (Å²) in [7, 11) is 0. The van der Waals surface area contributed by atoms with E-state index in [4.69, 9.17) is 0 Å². The first kappa shape index (κ1) is 14.8. The number of hydrogen-bond donors (Lipinski definition) is 2. The molecule has 2 atom stereocenters. The molecule has 5 heteroatoms. The Hall–Kier alpha value is -2.14. The summed E-state index contributed by atoms with van der Waals surface area (Å²) in [5.74, 6) is -0.212. The Labute approximate surface area is 130 Å². The summed E-state index contributed by atoms with van der Waals surface area (Å²) in [6.07, 6.45) is 3.29. The van der Waals surface area contributed by atoms with E-state index in [1.54, 1.807) is 17.1 Å². The molecule has 0 bridgehead atoms. The Bertz CT molecular complexity index is 700. The Kier molecular flexibility index (Phi) is 3.53. The molecule has 0 aliphatic heterocycles. The Morgan fingerprint density at radius 3 is 2.77 bits per heavy atom. The van der Waals surface area contributed by atoms with Crippen molar-refractivity contribution in [2.75, 3.05) is 0 Å². The highest BCUT2D eigenvalue weighted by Gasteiger charge is 2.32. The lowest BCUT2D eigenvalue weighted by atomic mass is 10.1. The fourth-order valence-corrected chi connectivity index (χ4v) is 2.78. The number of nitrogens with one attached hydrogen (secondary N) is 1. The third-order valence-corrected chi connectivity index (χ3v) is 4.02. The molecule has 2 unspecified atom stereocenters. The zero-order valence-electron chi connectivity index (χ0n) is 13.1. The van der Waals surface area contributed by atoms with E-state index in [-0.39, 0.29) is 17.5 Å². The molecule has 2 aromatic rings. The van der Waals surface area contributed by atoms with Gasteiger partial charge in [0.2, 0.25) is 0 Å². The van der Waals surface area contributed by atoms with Crippen LogP contribution in [0.15, 0.2) is 36.7 Å². The Balaban J connectivity index is 1.79. The molecule has 1 heterocycles. The zero-order valence-corrected chi connectivity index (χ0v) is 13.1. The minimum Gasteiger partial charge on any atom is -0.390 e. The quantitative estimate of drug-likeness (QED) is 0.891. The van der Waals surface area contributed by atoms with Gasteiger partial charge in [0.15, 0.2) is 0 Å². The van der Waals surface area contributed by atoms with Crippen molar-refractivity contribution in [3.8, 4) is 0 Å². The number of carbonyl (C=O) groups excluding carboxylic acids is 1. The predicted octanol–water partition coefficient (Wildman–Crippen LogP) is 2.03. The first-order chi connectivity index (χ1) is 10.4. The molecule has 1 aromatic carbocycles. The van der Waals surface area contributed by atoms with Crippen LogP contribution in [-0.4, -0.2) is 26.9 Å². The van der Waals surface area contributed by atoms with Crippen LogP contribution in [-0.2, 0) is 12.0 Å². The average molecular weight is 299 g/mol. The first-order valence-corrected chi connectivity index (χ1v) is 7.48. The molecule has 116 valence electrons. The van der Waals surface area contributed by atoms with Crippen molar-refractivity contribution < 1.29 is 9.90 Å². The molecule has 0 radical (unpaired) electrons. The summed E-state index contributed by atoms with van der Waals surface area (Å²) in [5.41, 5.74) is 2.42. The normalized spacial score (nSPS) is 20.7. The second kappa shape index (κ2) is 5.25. The van der Waals surface area contributed by atoms with Crippen LogP contribution in [0.1, 0.15) is 48.3 Å². The van der Waals surface area contributed by atoms with Crippen LogP contribution < -0.4 is 5.32 Å². The van der Waals surface area contributed by atoms with E-state index in [1.807, 2.05) is 45.0 Å². The predicted molar refractivity (Wildman–Crippen MR) is 83.6 cm³/mol. The molecule has 2 N–H and O–H groups in total. The Morgan fingerprint density at radius 2 is 2.09 bits per heavy atom.